The predicted octanol–water partition coefficient (Wildman–Crippen LogP) is -0.191. The summed E-state index contributed by atoms with van der Waals surface area (Å²) in [6, 6.07) is 0. The summed E-state index contributed by atoms with van der Waals surface area (Å²) in [6.07, 6.45) is 1.55. The molecule has 6 nitrogen and oxygen atoms in total. The highest BCUT2D eigenvalue weighted by Crippen LogP contribution is 2.09. The highest BCUT2D eigenvalue weighted by atomic mass is 16.5. The molecule has 0 spiro atoms. The van der Waals surface area contributed by atoms with E-state index >= 15 is 0 Å². The zero-order valence-corrected chi connectivity index (χ0v) is 10.5. The third-order valence-corrected chi connectivity index (χ3v) is 2.69. The molecule has 17 heavy (non-hydrogen) atoms. The summed E-state index contributed by atoms with van der Waals surface area (Å²) < 4.78 is 6.60. The van der Waals surface area contributed by atoms with E-state index < -0.39 is 0 Å². The van der Waals surface area contributed by atoms with Crippen LogP contribution in [-0.2, 0) is 11.8 Å². The minimum absolute atomic E-state index is 0.0607. The van der Waals surface area contributed by atoms with Gasteiger partial charge >= 0.3 is 0 Å². The van der Waals surface area contributed by atoms with Crippen LogP contribution in [-0.4, -0.2) is 59.1 Å². The third kappa shape index (κ3) is 3.28. The van der Waals surface area contributed by atoms with Crippen LogP contribution in [0.3, 0.4) is 0 Å². The minimum Gasteiger partial charge on any atom is -0.395 e. The normalized spacial score (nSPS) is 10.6. The van der Waals surface area contributed by atoms with E-state index in [1.165, 1.54) is 0 Å². The van der Waals surface area contributed by atoms with Gasteiger partial charge in [-0.3, -0.25) is 9.48 Å². The maximum absolute atomic E-state index is 12.2. The summed E-state index contributed by atoms with van der Waals surface area (Å²) in [5, 5.41) is 13.0. The van der Waals surface area contributed by atoms with Crippen LogP contribution in [0.4, 0.5) is 0 Å². The first-order valence-corrected chi connectivity index (χ1v) is 5.49. The monoisotopic (exact) mass is 241 g/mol. The van der Waals surface area contributed by atoms with Gasteiger partial charge in [0.15, 0.2) is 0 Å². The van der Waals surface area contributed by atoms with Gasteiger partial charge in [-0.25, -0.2) is 0 Å². The topological polar surface area (TPSA) is 67.6 Å². The molecule has 1 amide bonds. The fraction of sp³-hybridized carbons (Fsp3) is 0.636. The molecule has 6 heteroatoms. The highest BCUT2D eigenvalue weighted by molar-refractivity contribution is 5.95. The van der Waals surface area contributed by atoms with Crippen molar-refractivity contribution in [2.75, 3.05) is 33.4 Å². The van der Waals surface area contributed by atoms with Crippen LogP contribution in [0.15, 0.2) is 6.20 Å². The Labute approximate surface area is 101 Å². The van der Waals surface area contributed by atoms with Gasteiger partial charge < -0.3 is 14.7 Å². The number of aryl methyl sites for hydroxylation is 1. The molecule has 0 aliphatic heterocycles. The van der Waals surface area contributed by atoms with Crippen LogP contribution in [0.2, 0.25) is 0 Å². The van der Waals surface area contributed by atoms with Gasteiger partial charge in [-0.2, -0.15) is 5.10 Å². The summed E-state index contributed by atoms with van der Waals surface area (Å²) in [4.78, 5) is 13.7. The molecule has 1 aromatic rings. The number of rotatable bonds is 6. The van der Waals surface area contributed by atoms with Gasteiger partial charge in [-0.1, -0.05) is 0 Å². The molecule has 1 heterocycles. The fourth-order valence-corrected chi connectivity index (χ4v) is 1.52. The fourth-order valence-electron chi connectivity index (χ4n) is 1.52. The molecular weight excluding hydrogens is 222 g/mol. The van der Waals surface area contributed by atoms with Crippen LogP contribution in [0, 0.1) is 6.92 Å². The van der Waals surface area contributed by atoms with Gasteiger partial charge in [-0.05, 0) is 6.92 Å². The van der Waals surface area contributed by atoms with E-state index in [2.05, 4.69) is 5.10 Å². The lowest BCUT2D eigenvalue weighted by Gasteiger charge is -2.21. The maximum atomic E-state index is 12.2. The number of hydrogen-bond acceptors (Lipinski definition) is 4. The molecule has 1 rings (SSSR count). The largest absolute Gasteiger partial charge is 0.395 e. The molecule has 0 radical (unpaired) electrons. The Bertz CT molecular complexity index is 376. The van der Waals surface area contributed by atoms with Crippen molar-refractivity contribution in [3.05, 3.63) is 17.5 Å². The predicted molar refractivity (Wildman–Crippen MR) is 62.8 cm³/mol. The number of carbonyl (C=O) groups excluding carboxylic acids is 1. The lowest BCUT2D eigenvalue weighted by Crippen LogP contribution is -2.36. The van der Waals surface area contributed by atoms with Crippen LogP contribution in [0.1, 0.15) is 16.1 Å². The molecule has 0 aliphatic carbocycles. The van der Waals surface area contributed by atoms with Crippen molar-refractivity contribution in [3.8, 4) is 0 Å². The number of amides is 1. The van der Waals surface area contributed by atoms with E-state index in [1.807, 2.05) is 6.92 Å². The van der Waals surface area contributed by atoms with Gasteiger partial charge in [0.25, 0.3) is 5.91 Å². The van der Waals surface area contributed by atoms with Crippen molar-refractivity contribution in [1.82, 2.24) is 14.7 Å². The van der Waals surface area contributed by atoms with Crippen LogP contribution in [0.25, 0.3) is 0 Å². The number of aliphatic hydroxyl groups is 1. The first-order chi connectivity index (χ1) is 8.11. The molecule has 0 bridgehead atoms. The molecule has 1 aromatic heterocycles. The molecule has 96 valence electrons. The maximum Gasteiger partial charge on any atom is 0.257 e. The van der Waals surface area contributed by atoms with Gasteiger partial charge in [-0.15, -0.1) is 0 Å². The average Bonchev–Trinajstić information content (AvgIpc) is 2.65. The Balaban J connectivity index is 2.80. The summed E-state index contributed by atoms with van der Waals surface area (Å²) in [5.74, 6) is -0.123. The minimum atomic E-state index is -0.123. The van der Waals surface area contributed by atoms with Crippen LogP contribution < -0.4 is 0 Å². The number of aliphatic hydroxyl groups excluding tert-OH is 1. The molecule has 0 saturated heterocycles. The number of carbonyl (C=O) groups is 1. The van der Waals surface area contributed by atoms with E-state index in [4.69, 9.17) is 9.84 Å². The van der Waals surface area contributed by atoms with Crippen molar-refractivity contribution < 1.29 is 14.6 Å². The zero-order valence-electron chi connectivity index (χ0n) is 10.5. The second-order valence-corrected chi connectivity index (χ2v) is 3.78. The summed E-state index contributed by atoms with van der Waals surface area (Å²) in [7, 11) is 3.37. The van der Waals surface area contributed by atoms with Crippen molar-refractivity contribution >= 4 is 5.91 Å². The third-order valence-electron chi connectivity index (χ3n) is 2.69. The smallest absolute Gasteiger partial charge is 0.257 e. The lowest BCUT2D eigenvalue weighted by molar-refractivity contribution is 0.0655. The Hall–Kier alpha value is -1.40. The molecule has 0 aliphatic rings. The number of ether oxygens (including phenoxy) is 1. The van der Waals surface area contributed by atoms with E-state index in [1.54, 1.807) is 29.9 Å². The van der Waals surface area contributed by atoms with Crippen LogP contribution in [0.5, 0.6) is 0 Å². The first-order valence-electron chi connectivity index (χ1n) is 5.49. The number of nitrogens with zero attached hydrogens (tertiary/aromatic N) is 3. The van der Waals surface area contributed by atoms with E-state index in [0.29, 0.717) is 25.3 Å². The van der Waals surface area contributed by atoms with Gasteiger partial charge in [0.2, 0.25) is 0 Å². The summed E-state index contributed by atoms with van der Waals surface area (Å²) in [6.45, 7) is 2.99. The molecule has 0 saturated carbocycles. The second-order valence-electron chi connectivity index (χ2n) is 3.78. The Morgan fingerprint density at radius 2 is 2.29 bits per heavy atom. The lowest BCUT2D eigenvalue weighted by atomic mass is 10.2. The second kappa shape index (κ2) is 6.36. The SMILES string of the molecule is COCCN(CCO)C(=O)c1cnn(C)c1C. The van der Waals surface area contributed by atoms with Gasteiger partial charge in [0.1, 0.15) is 0 Å². The van der Waals surface area contributed by atoms with E-state index in [9.17, 15) is 4.79 Å². The Morgan fingerprint density at radius 1 is 1.59 bits per heavy atom. The van der Waals surface area contributed by atoms with Crippen LogP contribution >= 0.6 is 0 Å². The summed E-state index contributed by atoms with van der Waals surface area (Å²) in [5.41, 5.74) is 1.38. The Morgan fingerprint density at radius 3 is 2.76 bits per heavy atom. The molecule has 0 aromatic carbocycles. The number of methoxy groups -OCH3 is 1. The summed E-state index contributed by atoms with van der Waals surface area (Å²) >= 11 is 0. The zero-order chi connectivity index (χ0) is 12.8. The molecule has 0 atom stereocenters. The number of aromatic nitrogens is 2. The standard InChI is InChI=1S/C11H19N3O3/c1-9-10(8-12-13(9)2)11(16)14(4-6-15)5-7-17-3/h8,15H,4-7H2,1-3H3. The van der Waals surface area contributed by atoms with E-state index in [0.717, 1.165) is 5.69 Å². The van der Waals surface area contributed by atoms with E-state index in [-0.39, 0.29) is 12.5 Å². The molecule has 0 fully saturated rings. The van der Waals surface area contributed by atoms with Gasteiger partial charge in [0.05, 0.1) is 25.0 Å². The Kier molecular flexibility index (Phi) is 5.11. The van der Waals surface area contributed by atoms with Crippen molar-refractivity contribution in [3.63, 3.8) is 0 Å². The van der Waals surface area contributed by atoms with Crippen molar-refractivity contribution in [2.24, 2.45) is 7.05 Å². The molecule has 1 N–H and O–H groups in total. The molecular formula is C11H19N3O3. The molecule has 0 unspecified atom stereocenters. The first kappa shape index (κ1) is 13.7. The number of hydrogen-bond donors (Lipinski definition) is 1. The van der Waals surface area contributed by atoms with Gasteiger partial charge in [0, 0.05) is 32.9 Å². The average molecular weight is 241 g/mol. The van der Waals surface area contributed by atoms with Crippen molar-refractivity contribution in [2.45, 2.75) is 6.92 Å². The quantitative estimate of drug-likeness (QED) is 0.749. The van der Waals surface area contributed by atoms with Crippen molar-refractivity contribution in [1.29, 1.82) is 0 Å². The highest BCUT2D eigenvalue weighted by Gasteiger charge is 2.19.